The van der Waals surface area contributed by atoms with Crippen LogP contribution in [0.3, 0.4) is 0 Å². The van der Waals surface area contributed by atoms with E-state index in [9.17, 15) is 4.79 Å². The van der Waals surface area contributed by atoms with Crippen LogP contribution >= 0.6 is 0 Å². The van der Waals surface area contributed by atoms with Gasteiger partial charge in [0.05, 0.1) is 0 Å². The van der Waals surface area contributed by atoms with Crippen LogP contribution in [-0.2, 0) is 9.53 Å². The smallest absolute Gasteiger partial charge is 0.279 e. The Kier molecular flexibility index (Phi) is 4.56. The molecule has 0 radical (unpaired) electrons. The molecular weight excluding hydrogens is 240 g/mol. The molecule has 1 unspecified atom stereocenters. The van der Waals surface area contributed by atoms with E-state index in [1.54, 1.807) is 0 Å². The predicted octanol–water partition coefficient (Wildman–Crippen LogP) is 0.626. The van der Waals surface area contributed by atoms with Crippen LogP contribution in [-0.4, -0.2) is 37.7 Å². The quantitative estimate of drug-likeness (QED) is 0.840. The summed E-state index contributed by atoms with van der Waals surface area (Å²) in [5.74, 6) is 0.0696. The van der Waals surface area contributed by atoms with Gasteiger partial charge in [-0.1, -0.05) is 17.7 Å². The first-order valence-corrected chi connectivity index (χ1v) is 6.88. The van der Waals surface area contributed by atoms with Gasteiger partial charge in [0.15, 0.2) is 6.54 Å². The predicted molar refractivity (Wildman–Crippen MR) is 75.4 cm³/mol. The third-order valence-corrected chi connectivity index (χ3v) is 3.36. The van der Waals surface area contributed by atoms with E-state index in [1.807, 2.05) is 31.2 Å². The van der Waals surface area contributed by atoms with Crippen LogP contribution in [0.2, 0.25) is 0 Å². The van der Waals surface area contributed by atoms with Crippen LogP contribution in [0.15, 0.2) is 24.3 Å². The zero-order valence-corrected chi connectivity index (χ0v) is 11.9. The highest BCUT2D eigenvalue weighted by atomic mass is 16.5. The molecule has 1 aromatic rings. The van der Waals surface area contributed by atoms with Gasteiger partial charge in [-0.25, -0.2) is 0 Å². The lowest BCUT2D eigenvalue weighted by atomic mass is 10.2. The summed E-state index contributed by atoms with van der Waals surface area (Å²) in [6.45, 7) is 8.45. The topological polar surface area (TPSA) is 42.8 Å². The minimum atomic E-state index is 0.0696. The first kappa shape index (κ1) is 14.0. The molecule has 0 aliphatic carbocycles. The van der Waals surface area contributed by atoms with E-state index in [1.165, 1.54) is 10.5 Å². The Morgan fingerprint density at radius 2 is 1.84 bits per heavy atom. The number of nitrogens with one attached hydrogen (secondary N) is 2. The standard InChI is InChI=1S/C15H22N2O2/c1-11-4-6-14(7-5-11)16-15(18)10-17-8-12(2)19-13(3)9-17/h4-7,12-13H,8-10H2,1-3H3,(H,16,18)/p+1/t12-,13+. The zero-order valence-electron chi connectivity index (χ0n) is 11.9. The van der Waals surface area contributed by atoms with Gasteiger partial charge < -0.3 is 15.0 Å². The summed E-state index contributed by atoms with van der Waals surface area (Å²) in [7, 11) is 0. The van der Waals surface area contributed by atoms with Crippen molar-refractivity contribution >= 4 is 11.6 Å². The van der Waals surface area contributed by atoms with Crippen molar-refractivity contribution in [1.29, 1.82) is 0 Å². The average Bonchev–Trinajstić information content (AvgIpc) is 2.30. The van der Waals surface area contributed by atoms with E-state index in [2.05, 4.69) is 19.2 Å². The molecule has 4 nitrogen and oxygen atoms in total. The van der Waals surface area contributed by atoms with Gasteiger partial charge in [0.2, 0.25) is 0 Å². The molecule has 0 spiro atoms. The van der Waals surface area contributed by atoms with E-state index in [4.69, 9.17) is 4.74 Å². The molecule has 4 heteroatoms. The molecule has 1 amide bonds. The third-order valence-electron chi connectivity index (χ3n) is 3.36. The molecule has 0 bridgehead atoms. The van der Waals surface area contributed by atoms with Crippen molar-refractivity contribution in [3.8, 4) is 0 Å². The summed E-state index contributed by atoms with van der Waals surface area (Å²) >= 11 is 0. The largest absolute Gasteiger partial charge is 0.364 e. The first-order valence-electron chi connectivity index (χ1n) is 6.88. The summed E-state index contributed by atoms with van der Waals surface area (Å²) in [6.07, 6.45) is 0.455. The highest BCUT2D eigenvalue weighted by molar-refractivity contribution is 5.91. The number of morpholine rings is 1. The normalized spacial score (nSPS) is 27.0. The number of hydrogen-bond donors (Lipinski definition) is 2. The molecule has 2 N–H and O–H groups in total. The van der Waals surface area contributed by atoms with Gasteiger partial charge in [0.25, 0.3) is 5.91 Å². The fourth-order valence-electron chi connectivity index (χ4n) is 2.60. The lowest BCUT2D eigenvalue weighted by Gasteiger charge is -2.31. The van der Waals surface area contributed by atoms with Gasteiger partial charge >= 0.3 is 0 Å². The van der Waals surface area contributed by atoms with Crippen LogP contribution in [0.5, 0.6) is 0 Å². The Balaban J connectivity index is 1.85. The number of anilines is 1. The molecule has 0 aromatic heterocycles. The van der Waals surface area contributed by atoms with Crippen molar-refractivity contribution in [2.75, 3.05) is 25.0 Å². The molecule has 1 heterocycles. The minimum Gasteiger partial charge on any atom is -0.364 e. The second kappa shape index (κ2) is 6.17. The first-order chi connectivity index (χ1) is 9.02. The van der Waals surface area contributed by atoms with Crippen molar-refractivity contribution in [3.05, 3.63) is 29.8 Å². The highest BCUT2D eigenvalue weighted by Crippen LogP contribution is 2.07. The van der Waals surface area contributed by atoms with Crippen LogP contribution < -0.4 is 10.2 Å². The van der Waals surface area contributed by atoms with Gasteiger partial charge in [-0.3, -0.25) is 4.79 Å². The van der Waals surface area contributed by atoms with Crippen LogP contribution in [0.25, 0.3) is 0 Å². The number of quaternary nitrogens is 1. The number of amides is 1. The highest BCUT2D eigenvalue weighted by Gasteiger charge is 2.27. The van der Waals surface area contributed by atoms with E-state index < -0.39 is 0 Å². The number of carbonyl (C=O) groups excluding carboxylic acids is 1. The number of ether oxygens (including phenoxy) is 1. The number of carbonyl (C=O) groups is 1. The SMILES string of the molecule is Cc1ccc(NC(=O)C[NH+]2C[C@@H](C)O[C@@H](C)C2)cc1. The second-order valence-electron chi connectivity index (χ2n) is 5.51. The minimum absolute atomic E-state index is 0.0696. The summed E-state index contributed by atoms with van der Waals surface area (Å²) in [6, 6.07) is 7.88. The van der Waals surface area contributed by atoms with Crippen LogP contribution in [0.4, 0.5) is 5.69 Å². The van der Waals surface area contributed by atoms with Crippen molar-refractivity contribution < 1.29 is 14.4 Å². The van der Waals surface area contributed by atoms with Gasteiger partial charge in [0, 0.05) is 5.69 Å². The Morgan fingerprint density at radius 1 is 1.26 bits per heavy atom. The maximum Gasteiger partial charge on any atom is 0.279 e. The van der Waals surface area contributed by atoms with E-state index in [0.717, 1.165) is 18.8 Å². The number of hydrogen-bond acceptors (Lipinski definition) is 2. The van der Waals surface area contributed by atoms with Crippen molar-refractivity contribution in [2.45, 2.75) is 33.0 Å². The molecule has 2 rings (SSSR count). The number of benzene rings is 1. The summed E-state index contributed by atoms with van der Waals surface area (Å²) in [4.78, 5) is 13.3. The van der Waals surface area contributed by atoms with Gasteiger partial charge in [-0.05, 0) is 32.9 Å². The molecule has 104 valence electrons. The fraction of sp³-hybridized carbons (Fsp3) is 0.533. The average molecular weight is 263 g/mol. The Bertz CT molecular complexity index is 420. The molecule has 1 aromatic carbocycles. The molecular formula is C15H23N2O2+. The molecule has 1 saturated heterocycles. The summed E-state index contributed by atoms with van der Waals surface area (Å²) in [5.41, 5.74) is 2.06. The fourth-order valence-corrected chi connectivity index (χ4v) is 2.60. The van der Waals surface area contributed by atoms with Crippen molar-refractivity contribution in [1.82, 2.24) is 0 Å². The van der Waals surface area contributed by atoms with Crippen molar-refractivity contribution in [2.24, 2.45) is 0 Å². The molecule has 0 saturated carbocycles. The maximum absolute atomic E-state index is 12.0. The van der Waals surface area contributed by atoms with E-state index >= 15 is 0 Å². The lowest BCUT2D eigenvalue weighted by molar-refractivity contribution is -0.907. The zero-order chi connectivity index (χ0) is 13.8. The summed E-state index contributed by atoms with van der Waals surface area (Å²) in [5, 5.41) is 2.95. The molecule has 3 atom stereocenters. The monoisotopic (exact) mass is 263 g/mol. The van der Waals surface area contributed by atoms with Crippen molar-refractivity contribution in [3.63, 3.8) is 0 Å². The van der Waals surface area contributed by atoms with Crippen LogP contribution in [0.1, 0.15) is 19.4 Å². The molecule has 1 fully saturated rings. The Hall–Kier alpha value is -1.39. The number of aryl methyl sites for hydroxylation is 1. The third kappa shape index (κ3) is 4.33. The van der Waals surface area contributed by atoms with E-state index in [0.29, 0.717) is 6.54 Å². The van der Waals surface area contributed by atoms with E-state index in [-0.39, 0.29) is 18.1 Å². The lowest BCUT2D eigenvalue weighted by Crippen LogP contribution is -3.16. The van der Waals surface area contributed by atoms with Gasteiger partial charge in [0.1, 0.15) is 25.3 Å². The maximum atomic E-state index is 12.0. The van der Waals surface area contributed by atoms with Gasteiger partial charge in [-0.15, -0.1) is 0 Å². The Morgan fingerprint density at radius 3 is 2.42 bits per heavy atom. The Labute approximate surface area is 114 Å². The molecule has 1 aliphatic heterocycles. The second-order valence-corrected chi connectivity index (χ2v) is 5.51. The molecule has 1 aliphatic rings. The van der Waals surface area contributed by atoms with Crippen LogP contribution in [0, 0.1) is 6.92 Å². The van der Waals surface area contributed by atoms with Gasteiger partial charge in [-0.2, -0.15) is 0 Å². The summed E-state index contributed by atoms with van der Waals surface area (Å²) < 4.78 is 5.68. The molecule has 19 heavy (non-hydrogen) atoms. The number of rotatable bonds is 3.